The molecule has 0 saturated carbocycles. The minimum Gasteiger partial charge on any atom is -0.337 e. The molecule has 1 aromatic rings. The Morgan fingerprint density at radius 1 is 1.64 bits per heavy atom. The lowest BCUT2D eigenvalue weighted by atomic mass is 10.2. The van der Waals surface area contributed by atoms with Crippen LogP contribution in [0.3, 0.4) is 0 Å². The average molecular weight is 194 g/mol. The largest absolute Gasteiger partial charge is 0.337 e. The van der Waals surface area contributed by atoms with E-state index in [0.29, 0.717) is 6.04 Å². The molecule has 1 atom stereocenters. The summed E-state index contributed by atoms with van der Waals surface area (Å²) in [6.07, 6.45) is 3.88. The summed E-state index contributed by atoms with van der Waals surface area (Å²) < 4.78 is 2.11. The highest BCUT2D eigenvalue weighted by molar-refractivity contribution is 5.01. The molecule has 14 heavy (non-hydrogen) atoms. The van der Waals surface area contributed by atoms with Gasteiger partial charge in [-0.05, 0) is 6.54 Å². The number of nitrogens with one attached hydrogen (secondary N) is 1. The van der Waals surface area contributed by atoms with Crippen molar-refractivity contribution >= 4 is 0 Å². The van der Waals surface area contributed by atoms with Gasteiger partial charge >= 0.3 is 0 Å². The van der Waals surface area contributed by atoms with E-state index < -0.39 is 0 Å². The predicted molar refractivity (Wildman–Crippen MR) is 56.1 cm³/mol. The van der Waals surface area contributed by atoms with Crippen molar-refractivity contribution in [2.75, 3.05) is 26.2 Å². The Bertz CT molecular complexity index is 294. The first kappa shape index (κ1) is 9.68. The van der Waals surface area contributed by atoms with Crippen molar-refractivity contribution in [1.82, 2.24) is 19.8 Å². The molecule has 2 rings (SSSR count). The zero-order valence-electron chi connectivity index (χ0n) is 8.90. The van der Waals surface area contributed by atoms with Crippen LogP contribution in [0.4, 0.5) is 0 Å². The predicted octanol–water partition coefficient (Wildman–Crippen LogP) is 0.386. The number of piperazine rings is 1. The Morgan fingerprint density at radius 3 is 3.14 bits per heavy atom. The molecule has 1 aromatic heterocycles. The second-order valence-electron chi connectivity index (χ2n) is 3.74. The van der Waals surface area contributed by atoms with E-state index in [9.17, 15) is 0 Å². The van der Waals surface area contributed by atoms with E-state index in [1.165, 1.54) is 5.82 Å². The molecular weight excluding hydrogens is 176 g/mol. The molecule has 0 amide bonds. The van der Waals surface area contributed by atoms with E-state index in [2.05, 4.69) is 33.7 Å². The number of nitrogens with zero attached hydrogens (tertiary/aromatic N) is 3. The summed E-state index contributed by atoms with van der Waals surface area (Å²) in [4.78, 5) is 6.89. The fourth-order valence-corrected chi connectivity index (χ4v) is 2.08. The number of aryl methyl sites for hydroxylation is 1. The fourth-order valence-electron chi connectivity index (χ4n) is 2.08. The molecule has 4 heteroatoms. The number of hydrogen-bond donors (Lipinski definition) is 1. The molecule has 1 aliphatic heterocycles. The first-order valence-electron chi connectivity index (χ1n) is 5.25. The minimum absolute atomic E-state index is 0.439. The molecule has 2 heterocycles. The van der Waals surface area contributed by atoms with Crippen LogP contribution in [0.15, 0.2) is 12.4 Å². The summed E-state index contributed by atoms with van der Waals surface area (Å²) in [6.45, 7) is 6.53. The number of hydrogen-bond acceptors (Lipinski definition) is 3. The van der Waals surface area contributed by atoms with Crippen molar-refractivity contribution < 1.29 is 0 Å². The third-order valence-corrected chi connectivity index (χ3v) is 2.92. The molecule has 0 spiro atoms. The molecule has 78 valence electrons. The summed E-state index contributed by atoms with van der Waals surface area (Å²) >= 11 is 0. The van der Waals surface area contributed by atoms with Crippen LogP contribution in [-0.2, 0) is 7.05 Å². The Balaban J connectivity index is 2.19. The van der Waals surface area contributed by atoms with Gasteiger partial charge in [0.2, 0.25) is 0 Å². The topological polar surface area (TPSA) is 33.1 Å². The lowest BCUT2D eigenvalue weighted by Gasteiger charge is -2.34. The van der Waals surface area contributed by atoms with Crippen LogP contribution in [-0.4, -0.2) is 40.6 Å². The average Bonchev–Trinajstić information content (AvgIpc) is 2.64. The summed E-state index contributed by atoms with van der Waals surface area (Å²) in [6, 6.07) is 0.439. The summed E-state index contributed by atoms with van der Waals surface area (Å²) in [5.41, 5.74) is 0. The molecule has 1 N–H and O–H groups in total. The van der Waals surface area contributed by atoms with Crippen molar-refractivity contribution in [3.8, 4) is 0 Å². The van der Waals surface area contributed by atoms with Crippen LogP contribution in [0.5, 0.6) is 0 Å². The summed E-state index contributed by atoms with van der Waals surface area (Å²) in [5, 5.41) is 3.42. The van der Waals surface area contributed by atoms with Crippen molar-refractivity contribution in [3.05, 3.63) is 18.2 Å². The second-order valence-corrected chi connectivity index (χ2v) is 3.74. The summed E-state index contributed by atoms with van der Waals surface area (Å²) in [7, 11) is 2.06. The highest BCUT2D eigenvalue weighted by atomic mass is 15.2. The molecular formula is C10H18N4. The molecule has 0 bridgehead atoms. The lowest BCUT2D eigenvalue weighted by Crippen LogP contribution is -2.46. The number of imidazole rings is 1. The Hall–Kier alpha value is -0.870. The molecule has 1 aliphatic rings. The standard InChI is InChI=1S/C10H18N4/c1-3-14-7-4-11-8-9(14)10-12-5-6-13(10)2/h5-6,9,11H,3-4,7-8H2,1-2H3/t9-/m0/s1. The maximum absolute atomic E-state index is 4.42. The molecule has 0 radical (unpaired) electrons. The van der Waals surface area contributed by atoms with Gasteiger partial charge in [0.1, 0.15) is 5.82 Å². The number of aromatic nitrogens is 2. The molecule has 0 unspecified atom stereocenters. The molecule has 0 aliphatic carbocycles. The van der Waals surface area contributed by atoms with Crippen molar-refractivity contribution in [3.63, 3.8) is 0 Å². The van der Waals surface area contributed by atoms with Gasteiger partial charge in [0.25, 0.3) is 0 Å². The van der Waals surface area contributed by atoms with Crippen molar-refractivity contribution in [2.45, 2.75) is 13.0 Å². The van der Waals surface area contributed by atoms with Crippen LogP contribution >= 0.6 is 0 Å². The fraction of sp³-hybridized carbons (Fsp3) is 0.700. The first-order valence-corrected chi connectivity index (χ1v) is 5.25. The van der Waals surface area contributed by atoms with E-state index in [4.69, 9.17) is 0 Å². The molecule has 4 nitrogen and oxygen atoms in total. The highest BCUT2D eigenvalue weighted by Gasteiger charge is 2.24. The monoisotopic (exact) mass is 194 g/mol. The van der Waals surface area contributed by atoms with E-state index in [1.807, 2.05) is 12.4 Å². The van der Waals surface area contributed by atoms with Crippen LogP contribution in [0, 0.1) is 0 Å². The minimum atomic E-state index is 0.439. The van der Waals surface area contributed by atoms with Gasteiger partial charge in [0, 0.05) is 39.1 Å². The normalized spacial score (nSPS) is 24.0. The third kappa shape index (κ3) is 1.67. The van der Waals surface area contributed by atoms with Gasteiger partial charge in [-0.15, -0.1) is 0 Å². The smallest absolute Gasteiger partial charge is 0.127 e. The molecule has 1 saturated heterocycles. The number of likely N-dealkylation sites (N-methyl/N-ethyl adjacent to an activating group) is 1. The van der Waals surface area contributed by atoms with Gasteiger partial charge in [0.15, 0.2) is 0 Å². The van der Waals surface area contributed by atoms with Gasteiger partial charge in [-0.2, -0.15) is 0 Å². The second kappa shape index (κ2) is 4.11. The molecule has 0 aromatic carbocycles. The Morgan fingerprint density at radius 2 is 2.50 bits per heavy atom. The Kier molecular flexibility index (Phi) is 2.84. The summed E-state index contributed by atoms with van der Waals surface area (Å²) in [5.74, 6) is 1.17. The van der Waals surface area contributed by atoms with Crippen LogP contribution in [0.1, 0.15) is 18.8 Å². The first-order chi connectivity index (χ1) is 6.83. The van der Waals surface area contributed by atoms with Crippen LogP contribution < -0.4 is 5.32 Å². The highest BCUT2D eigenvalue weighted by Crippen LogP contribution is 2.19. The van der Waals surface area contributed by atoms with Gasteiger partial charge < -0.3 is 9.88 Å². The Labute approximate surface area is 84.9 Å². The zero-order valence-corrected chi connectivity index (χ0v) is 8.90. The van der Waals surface area contributed by atoms with Crippen LogP contribution in [0.25, 0.3) is 0 Å². The number of rotatable bonds is 2. The zero-order chi connectivity index (χ0) is 9.97. The van der Waals surface area contributed by atoms with Crippen molar-refractivity contribution in [1.29, 1.82) is 0 Å². The van der Waals surface area contributed by atoms with Crippen LogP contribution in [0.2, 0.25) is 0 Å². The van der Waals surface area contributed by atoms with E-state index in [-0.39, 0.29) is 0 Å². The van der Waals surface area contributed by atoms with Gasteiger partial charge in [-0.25, -0.2) is 4.98 Å². The van der Waals surface area contributed by atoms with Crippen molar-refractivity contribution in [2.24, 2.45) is 7.05 Å². The molecule has 1 fully saturated rings. The van der Waals surface area contributed by atoms with Gasteiger partial charge in [0.05, 0.1) is 6.04 Å². The maximum atomic E-state index is 4.42. The third-order valence-electron chi connectivity index (χ3n) is 2.92. The van der Waals surface area contributed by atoms with Gasteiger partial charge in [-0.3, -0.25) is 4.90 Å². The SMILES string of the molecule is CCN1CCNC[C@H]1c1nccn1C. The lowest BCUT2D eigenvalue weighted by molar-refractivity contribution is 0.161. The quantitative estimate of drug-likeness (QED) is 0.739. The van der Waals surface area contributed by atoms with Gasteiger partial charge in [-0.1, -0.05) is 6.92 Å². The van der Waals surface area contributed by atoms with E-state index in [0.717, 1.165) is 26.2 Å². The maximum Gasteiger partial charge on any atom is 0.127 e. The van der Waals surface area contributed by atoms with E-state index >= 15 is 0 Å². The van der Waals surface area contributed by atoms with E-state index in [1.54, 1.807) is 0 Å².